The fourth-order valence-corrected chi connectivity index (χ4v) is 1.88. The number of allylic oxidation sites excluding steroid dienone is 5. The number of nitrogens with one attached hydrogen (secondary N) is 1. The maximum Gasteiger partial charge on any atom is 0.0722 e. The molecule has 2 nitrogen and oxygen atoms in total. The Morgan fingerprint density at radius 3 is 3.31 bits per heavy atom. The largest absolute Gasteiger partial charge is 0.359 e. The lowest BCUT2D eigenvalue weighted by Gasteiger charge is -2.31. The van der Waals surface area contributed by atoms with E-state index in [1.807, 2.05) is 12.4 Å². The van der Waals surface area contributed by atoms with Crippen molar-refractivity contribution in [1.82, 2.24) is 10.2 Å². The van der Waals surface area contributed by atoms with Gasteiger partial charge in [-0.2, -0.15) is 0 Å². The molecule has 0 atom stereocenters. The second-order valence-corrected chi connectivity index (χ2v) is 3.27. The number of hydrogen-bond donors (Lipinski definition) is 1. The first-order valence-corrected chi connectivity index (χ1v) is 4.45. The van der Waals surface area contributed by atoms with Crippen LogP contribution in [0, 0.1) is 0 Å². The molecule has 0 aromatic carbocycles. The van der Waals surface area contributed by atoms with Crippen LogP contribution in [0.2, 0.25) is 0 Å². The Morgan fingerprint density at radius 1 is 1.31 bits per heavy atom. The van der Waals surface area contributed by atoms with Crippen LogP contribution in [0.5, 0.6) is 0 Å². The van der Waals surface area contributed by atoms with Crippen LogP contribution in [0.1, 0.15) is 6.42 Å². The summed E-state index contributed by atoms with van der Waals surface area (Å²) in [6.45, 7) is 0. The molecule has 0 aromatic heterocycles. The molecule has 0 spiro atoms. The van der Waals surface area contributed by atoms with Crippen molar-refractivity contribution in [2.24, 2.45) is 0 Å². The third kappa shape index (κ3) is 0.886. The normalized spacial score (nSPS) is 22.8. The van der Waals surface area contributed by atoms with E-state index >= 15 is 0 Å². The van der Waals surface area contributed by atoms with Gasteiger partial charge >= 0.3 is 0 Å². The van der Waals surface area contributed by atoms with E-state index in [4.69, 9.17) is 0 Å². The van der Waals surface area contributed by atoms with Gasteiger partial charge < -0.3 is 10.2 Å². The molecule has 0 bridgehead atoms. The summed E-state index contributed by atoms with van der Waals surface area (Å²) in [5.41, 5.74) is 3.88. The Hall–Kier alpha value is -1.70. The first kappa shape index (κ1) is 6.78. The highest BCUT2D eigenvalue weighted by atomic mass is 15.2. The van der Waals surface area contributed by atoms with Gasteiger partial charge in [-0.15, -0.1) is 0 Å². The summed E-state index contributed by atoms with van der Waals surface area (Å²) >= 11 is 0. The van der Waals surface area contributed by atoms with Gasteiger partial charge in [0, 0.05) is 18.6 Å². The zero-order valence-corrected chi connectivity index (χ0v) is 7.20. The zero-order chi connectivity index (χ0) is 8.67. The van der Waals surface area contributed by atoms with Crippen LogP contribution in [0.25, 0.3) is 0 Å². The molecule has 0 saturated heterocycles. The van der Waals surface area contributed by atoms with Crippen molar-refractivity contribution in [3.05, 3.63) is 59.9 Å². The molecule has 0 aromatic rings. The predicted octanol–water partition coefficient (Wildman–Crippen LogP) is 1.99. The molecule has 2 aliphatic heterocycles. The summed E-state index contributed by atoms with van der Waals surface area (Å²) in [7, 11) is 0. The lowest BCUT2D eigenvalue weighted by Crippen LogP contribution is -2.26. The van der Waals surface area contributed by atoms with E-state index in [-0.39, 0.29) is 0 Å². The van der Waals surface area contributed by atoms with Gasteiger partial charge in [0.05, 0.1) is 11.4 Å². The smallest absolute Gasteiger partial charge is 0.0722 e. The molecule has 2 heterocycles. The minimum absolute atomic E-state index is 1.04. The Kier molecular flexibility index (Phi) is 1.25. The van der Waals surface area contributed by atoms with E-state index in [0.29, 0.717) is 0 Å². The van der Waals surface area contributed by atoms with Crippen LogP contribution in [0.15, 0.2) is 59.9 Å². The van der Waals surface area contributed by atoms with E-state index in [2.05, 4.69) is 40.7 Å². The van der Waals surface area contributed by atoms with Gasteiger partial charge in [0.15, 0.2) is 0 Å². The Balaban J connectivity index is 2.18. The number of hydrogen-bond acceptors (Lipinski definition) is 2. The molecule has 3 rings (SSSR count). The van der Waals surface area contributed by atoms with Crippen molar-refractivity contribution < 1.29 is 0 Å². The quantitative estimate of drug-likeness (QED) is 0.598. The monoisotopic (exact) mass is 170 g/mol. The topological polar surface area (TPSA) is 15.3 Å². The summed E-state index contributed by atoms with van der Waals surface area (Å²) in [5, 5.41) is 3.25. The molecule has 64 valence electrons. The van der Waals surface area contributed by atoms with Crippen LogP contribution in [0.3, 0.4) is 0 Å². The molecular formula is C11H10N2. The van der Waals surface area contributed by atoms with E-state index in [9.17, 15) is 0 Å². The molecule has 0 fully saturated rings. The minimum atomic E-state index is 1.04. The van der Waals surface area contributed by atoms with E-state index in [1.54, 1.807) is 0 Å². The highest BCUT2D eigenvalue weighted by Crippen LogP contribution is 2.31. The van der Waals surface area contributed by atoms with Gasteiger partial charge in [0.25, 0.3) is 0 Å². The van der Waals surface area contributed by atoms with E-state index in [1.165, 1.54) is 17.0 Å². The molecule has 0 unspecified atom stereocenters. The molecule has 1 aliphatic carbocycles. The van der Waals surface area contributed by atoms with Gasteiger partial charge in [0.1, 0.15) is 0 Å². The van der Waals surface area contributed by atoms with Crippen molar-refractivity contribution in [2.45, 2.75) is 6.42 Å². The summed E-state index contributed by atoms with van der Waals surface area (Å²) < 4.78 is 0. The van der Waals surface area contributed by atoms with E-state index in [0.717, 1.165) is 6.42 Å². The Bertz CT molecular complexity index is 394. The molecule has 3 aliphatic rings. The average Bonchev–Trinajstić information content (AvgIpc) is 2.19. The molecule has 0 amide bonds. The summed E-state index contributed by atoms with van der Waals surface area (Å²) in [6.07, 6.45) is 15.7. The fourth-order valence-electron chi connectivity index (χ4n) is 1.88. The van der Waals surface area contributed by atoms with Gasteiger partial charge in [0.2, 0.25) is 0 Å². The van der Waals surface area contributed by atoms with Crippen LogP contribution in [-0.4, -0.2) is 4.90 Å². The molecule has 2 heteroatoms. The molecule has 13 heavy (non-hydrogen) atoms. The standard InChI is InChI=1S/C11H10N2/c1-3-9-4-2-7-13-8-6-12-10(5-1)11(9)13/h1-2,4-8,12H,3H2. The minimum Gasteiger partial charge on any atom is -0.359 e. The fraction of sp³-hybridized carbons (Fsp3) is 0.0909. The SMILES string of the molecule is C1=CN2C=CNC3=C2C(=C1)CC=C3. The summed E-state index contributed by atoms with van der Waals surface area (Å²) in [4.78, 5) is 2.16. The molecule has 1 N–H and O–H groups in total. The van der Waals surface area contributed by atoms with Crippen molar-refractivity contribution in [3.8, 4) is 0 Å². The summed E-state index contributed by atoms with van der Waals surface area (Å²) in [5.74, 6) is 0. The van der Waals surface area contributed by atoms with Crippen molar-refractivity contribution >= 4 is 0 Å². The third-order valence-electron chi connectivity index (χ3n) is 2.46. The number of rotatable bonds is 0. The van der Waals surface area contributed by atoms with Gasteiger partial charge in [-0.3, -0.25) is 0 Å². The first-order valence-electron chi connectivity index (χ1n) is 4.45. The van der Waals surface area contributed by atoms with Crippen molar-refractivity contribution in [2.75, 3.05) is 0 Å². The highest BCUT2D eigenvalue weighted by molar-refractivity contribution is 5.50. The second-order valence-electron chi connectivity index (χ2n) is 3.27. The van der Waals surface area contributed by atoms with Crippen LogP contribution < -0.4 is 5.32 Å². The van der Waals surface area contributed by atoms with Crippen molar-refractivity contribution in [1.29, 1.82) is 0 Å². The lowest BCUT2D eigenvalue weighted by atomic mass is 9.98. The zero-order valence-electron chi connectivity index (χ0n) is 7.20. The van der Waals surface area contributed by atoms with Crippen LogP contribution in [0.4, 0.5) is 0 Å². The maximum absolute atomic E-state index is 3.25. The van der Waals surface area contributed by atoms with Gasteiger partial charge in [-0.05, 0) is 24.1 Å². The molecule has 0 saturated carbocycles. The lowest BCUT2D eigenvalue weighted by molar-refractivity contribution is 0.591. The van der Waals surface area contributed by atoms with Gasteiger partial charge in [-0.1, -0.05) is 12.2 Å². The average molecular weight is 170 g/mol. The molecule has 0 radical (unpaired) electrons. The molecular weight excluding hydrogens is 160 g/mol. The third-order valence-corrected chi connectivity index (χ3v) is 2.46. The van der Waals surface area contributed by atoms with E-state index < -0.39 is 0 Å². The predicted molar refractivity (Wildman–Crippen MR) is 52.1 cm³/mol. The Labute approximate surface area is 77.2 Å². The van der Waals surface area contributed by atoms with Crippen molar-refractivity contribution in [3.63, 3.8) is 0 Å². The Morgan fingerprint density at radius 2 is 2.31 bits per heavy atom. The maximum atomic E-state index is 3.25. The number of nitrogens with zero attached hydrogens (tertiary/aromatic N) is 1. The highest BCUT2D eigenvalue weighted by Gasteiger charge is 2.20. The van der Waals surface area contributed by atoms with Crippen LogP contribution in [-0.2, 0) is 0 Å². The second kappa shape index (κ2) is 2.39. The summed E-state index contributed by atoms with van der Waals surface area (Å²) in [6, 6.07) is 0. The first-order chi connectivity index (χ1) is 6.45. The van der Waals surface area contributed by atoms with Gasteiger partial charge in [-0.25, -0.2) is 0 Å². The van der Waals surface area contributed by atoms with Crippen LogP contribution >= 0.6 is 0 Å².